The van der Waals surface area contributed by atoms with Gasteiger partial charge in [-0.15, -0.1) is 0 Å². The lowest BCUT2D eigenvalue weighted by Gasteiger charge is -2.28. The Hall–Kier alpha value is -2.06. The van der Waals surface area contributed by atoms with E-state index in [2.05, 4.69) is 0 Å². The highest BCUT2D eigenvalue weighted by atomic mass is 32.2. The van der Waals surface area contributed by atoms with E-state index in [1.807, 2.05) is 35.8 Å². The second kappa shape index (κ2) is 7.52. The van der Waals surface area contributed by atoms with E-state index in [0.717, 1.165) is 10.5 Å². The SMILES string of the molecule is COC(=O)[C@]1(CCSC)[NH2+][C@@H](c2ccc(OC)cc2)[C@@H]2C(=O)N(C)C(=O)[C@H]21. The number of carbonyl (C=O) groups excluding carboxylic acids is 3. The molecule has 0 saturated carbocycles. The van der Waals surface area contributed by atoms with Crippen LogP contribution in [0.15, 0.2) is 24.3 Å². The van der Waals surface area contributed by atoms with Gasteiger partial charge in [0.15, 0.2) is 0 Å². The van der Waals surface area contributed by atoms with Gasteiger partial charge in [0.25, 0.3) is 0 Å². The van der Waals surface area contributed by atoms with Crippen LogP contribution in [0.25, 0.3) is 0 Å². The molecule has 0 aliphatic carbocycles. The maximum absolute atomic E-state index is 12.9. The summed E-state index contributed by atoms with van der Waals surface area (Å²) in [5, 5.41) is 1.88. The minimum Gasteiger partial charge on any atom is -0.497 e. The number of quaternary nitrogens is 1. The number of benzene rings is 1. The van der Waals surface area contributed by atoms with Crippen molar-refractivity contribution in [1.82, 2.24) is 4.90 Å². The van der Waals surface area contributed by atoms with Crippen molar-refractivity contribution in [2.24, 2.45) is 11.8 Å². The van der Waals surface area contributed by atoms with Crippen LogP contribution in [0.2, 0.25) is 0 Å². The van der Waals surface area contributed by atoms with Gasteiger partial charge in [0.2, 0.25) is 17.4 Å². The number of hydrogen-bond acceptors (Lipinski definition) is 6. The summed E-state index contributed by atoms with van der Waals surface area (Å²) in [6.45, 7) is 0. The van der Waals surface area contributed by atoms with Crippen molar-refractivity contribution in [1.29, 1.82) is 0 Å². The first-order chi connectivity index (χ1) is 12.9. The van der Waals surface area contributed by atoms with Crippen molar-refractivity contribution in [2.45, 2.75) is 18.0 Å². The molecule has 4 atom stereocenters. The van der Waals surface area contributed by atoms with Crippen LogP contribution in [-0.4, -0.2) is 61.5 Å². The van der Waals surface area contributed by atoms with Crippen molar-refractivity contribution in [2.75, 3.05) is 33.3 Å². The van der Waals surface area contributed by atoms with Gasteiger partial charge in [-0.1, -0.05) is 0 Å². The van der Waals surface area contributed by atoms with Crippen molar-refractivity contribution in [3.8, 4) is 5.75 Å². The second-order valence-corrected chi connectivity index (χ2v) is 7.96. The van der Waals surface area contributed by atoms with Gasteiger partial charge >= 0.3 is 5.97 Å². The lowest BCUT2D eigenvalue weighted by atomic mass is 9.78. The minimum absolute atomic E-state index is 0.239. The highest BCUT2D eigenvalue weighted by Crippen LogP contribution is 2.45. The fourth-order valence-electron chi connectivity index (χ4n) is 4.39. The summed E-state index contributed by atoms with van der Waals surface area (Å²) < 4.78 is 10.3. The van der Waals surface area contributed by atoms with E-state index in [0.29, 0.717) is 17.9 Å². The Labute approximate surface area is 162 Å². The average Bonchev–Trinajstić information content (AvgIpc) is 3.16. The molecule has 2 aliphatic heterocycles. The largest absolute Gasteiger partial charge is 0.497 e. The monoisotopic (exact) mass is 393 g/mol. The predicted molar refractivity (Wildman–Crippen MR) is 100 cm³/mol. The zero-order valence-electron chi connectivity index (χ0n) is 15.9. The molecule has 146 valence electrons. The number of fused-ring (bicyclic) bond motifs is 1. The van der Waals surface area contributed by atoms with Crippen LogP contribution in [0.3, 0.4) is 0 Å². The van der Waals surface area contributed by atoms with Crippen LogP contribution in [0.5, 0.6) is 5.75 Å². The number of ether oxygens (including phenoxy) is 2. The maximum atomic E-state index is 12.9. The third-order valence-electron chi connectivity index (χ3n) is 5.78. The molecule has 27 heavy (non-hydrogen) atoms. The summed E-state index contributed by atoms with van der Waals surface area (Å²) >= 11 is 1.60. The Morgan fingerprint density at radius 2 is 1.89 bits per heavy atom. The number of thioether (sulfide) groups is 1. The molecule has 7 nitrogen and oxygen atoms in total. The molecule has 2 aliphatic rings. The number of carbonyl (C=O) groups is 3. The number of amides is 2. The summed E-state index contributed by atoms with van der Waals surface area (Å²) in [5.74, 6) is -0.894. The normalized spacial score (nSPS) is 29.8. The molecule has 2 N–H and O–H groups in total. The molecule has 0 aromatic heterocycles. The molecule has 1 aromatic rings. The molecule has 1 aromatic carbocycles. The van der Waals surface area contributed by atoms with E-state index in [1.54, 1.807) is 18.9 Å². The number of hydrogen-bond donors (Lipinski definition) is 1. The molecule has 0 unspecified atom stereocenters. The summed E-state index contributed by atoms with van der Waals surface area (Å²) in [4.78, 5) is 39.8. The minimum atomic E-state index is -1.09. The molecular weight excluding hydrogens is 368 g/mol. The number of imide groups is 1. The molecule has 0 bridgehead atoms. The Morgan fingerprint density at radius 1 is 1.22 bits per heavy atom. The van der Waals surface area contributed by atoms with Gasteiger partial charge in [0.1, 0.15) is 23.6 Å². The third-order valence-corrected chi connectivity index (χ3v) is 6.39. The standard InChI is InChI=1S/C19H24N2O5S/c1-21-16(22)13-14(17(21)23)19(9-10-27-4,18(24)26-3)20-15(13)11-5-7-12(25-2)8-6-11/h5-8,13-15,20H,9-10H2,1-4H3/p+1/t13-,14+,15+,19-/m1/s1. The van der Waals surface area contributed by atoms with Crippen LogP contribution in [0.4, 0.5) is 0 Å². The number of nitrogens with zero attached hydrogens (tertiary/aromatic N) is 1. The summed E-state index contributed by atoms with van der Waals surface area (Å²) in [7, 11) is 4.41. The first-order valence-corrected chi connectivity index (χ1v) is 10.2. The van der Waals surface area contributed by atoms with Crippen LogP contribution in [-0.2, 0) is 19.1 Å². The number of rotatable bonds is 6. The number of likely N-dealkylation sites (tertiary alicyclic amines) is 1. The predicted octanol–water partition coefficient (Wildman–Crippen LogP) is 0.209. The van der Waals surface area contributed by atoms with E-state index in [-0.39, 0.29) is 17.9 Å². The van der Waals surface area contributed by atoms with Gasteiger partial charge in [-0.25, -0.2) is 4.79 Å². The Morgan fingerprint density at radius 3 is 2.44 bits per heavy atom. The van der Waals surface area contributed by atoms with Crippen molar-refractivity contribution >= 4 is 29.5 Å². The van der Waals surface area contributed by atoms with Gasteiger partial charge in [0, 0.05) is 19.0 Å². The Bertz CT molecular complexity index is 753. The van der Waals surface area contributed by atoms with Gasteiger partial charge in [-0.05, 0) is 36.3 Å². The molecular formula is C19H25N2O5S+. The molecule has 3 rings (SSSR count). The number of nitrogens with two attached hydrogens (primary N) is 1. The van der Waals surface area contributed by atoms with E-state index in [4.69, 9.17) is 9.47 Å². The molecule has 2 heterocycles. The van der Waals surface area contributed by atoms with Gasteiger partial charge in [0.05, 0.1) is 14.2 Å². The quantitative estimate of drug-likeness (QED) is 0.549. The van der Waals surface area contributed by atoms with E-state index < -0.39 is 23.3 Å². The van der Waals surface area contributed by atoms with E-state index in [1.165, 1.54) is 14.2 Å². The van der Waals surface area contributed by atoms with E-state index >= 15 is 0 Å². The first kappa shape index (κ1) is 19.7. The van der Waals surface area contributed by atoms with Crippen molar-refractivity contribution in [3.05, 3.63) is 29.8 Å². The van der Waals surface area contributed by atoms with Crippen LogP contribution >= 0.6 is 11.8 Å². The smallest absolute Gasteiger partial charge is 0.368 e. The fourth-order valence-corrected chi connectivity index (χ4v) is 4.93. The van der Waals surface area contributed by atoms with Crippen LogP contribution in [0, 0.1) is 11.8 Å². The molecule has 2 fully saturated rings. The lowest BCUT2D eigenvalue weighted by Crippen LogP contribution is -2.98. The average molecular weight is 393 g/mol. The van der Waals surface area contributed by atoms with Gasteiger partial charge in [-0.2, -0.15) is 11.8 Å². The van der Waals surface area contributed by atoms with Gasteiger partial charge < -0.3 is 14.8 Å². The zero-order chi connectivity index (χ0) is 19.8. The van der Waals surface area contributed by atoms with Gasteiger partial charge in [-0.3, -0.25) is 14.5 Å². The Kier molecular flexibility index (Phi) is 5.48. The lowest BCUT2D eigenvalue weighted by molar-refractivity contribution is -0.734. The van der Waals surface area contributed by atoms with Crippen LogP contribution < -0.4 is 10.1 Å². The van der Waals surface area contributed by atoms with Crippen molar-refractivity contribution < 1.29 is 29.2 Å². The highest BCUT2D eigenvalue weighted by molar-refractivity contribution is 7.98. The highest BCUT2D eigenvalue weighted by Gasteiger charge is 2.71. The molecule has 2 saturated heterocycles. The topological polar surface area (TPSA) is 89.5 Å². The number of esters is 1. The first-order valence-electron chi connectivity index (χ1n) is 8.80. The maximum Gasteiger partial charge on any atom is 0.368 e. The Balaban J connectivity index is 2.09. The zero-order valence-corrected chi connectivity index (χ0v) is 16.7. The second-order valence-electron chi connectivity index (χ2n) is 6.98. The van der Waals surface area contributed by atoms with Crippen LogP contribution in [0.1, 0.15) is 18.0 Å². The van der Waals surface area contributed by atoms with E-state index in [9.17, 15) is 14.4 Å². The van der Waals surface area contributed by atoms with Crippen molar-refractivity contribution in [3.63, 3.8) is 0 Å². The number of methoxy groups -OCH3 is 2. The summed E-state index contributed by atoms with van der Waals surface area (Å²) in [6, 6.07) is 7.08. The molecule has 0 spiro atoms. The summed E-state index contributed by atoms with van der Waals surface area (Å²) in [5.41, 5.74) is -0.206. The molecule has 2 amide bonds. The fraction of sp³-hybridized carbons (Fsp3) is 0.526. The molecule has 0 radical (unpaired) electrons. The molecule has 8 heteroatoms. The summed E-state index contributed by atoms with van der Waals surface area (Å²) in [6.07, 6.45) is 2.41. The third kappa shape index (κ3) is 3.00.